The second-order valence-corrected chi connectivity index (χ2v) is 24.0. The molecule has 0 unspecified atom stereocenters. The quantitative estimate of drug-likeness (QED) is 0.169. The van der Waals surface area contributed by atoms with Crippen LogP contribution in [0.3, 0.4) is 0 Å². The van der Waals surface area contributed by atoms with Crippen LogP contribution in [0, 0.1) is 0 Å². The Labute approximate surface area is 431 Å². The third kappa shape index (κ3) is 6.72. The van der Waals surface area contributed by atoms with Gasteiger partial charge in [-0.3, -0.25) is 0 Å². The van der Waals surface area contributed by atoms with Crippen LogP contribution in [0.25, 0.3) is 80.9 Å². The zero-order chi connectivity index (χ0) is 49.7. The first-order valence-corrected chi connectivity index (χ1v) is 26.5. The third-order valence-corrected chi connectivity index (χ3v) is 17.1. The maximum atomic E-state index is 7.00. The van der Waals surface area contributed by atoms with Gasteiger partial charge in [-0.05, 0) is 146 Å². The van der Waals surface area contributed by atoms with Gasteiger partial charge >= 0.3 is 0 Å². The predicted molar refractivity (Wildman–Crippen MR) is 313 cm³/mol. The summed E-state index contributed by atoms with van der Waals surface area (Å²) in [6.07, 6.45) is 0. The highest BCUT2D eigenvalue weighted by Gasteiger charge is 2.38. The van der Waals surface area contributed by atoms with Crippen molar-refractivity contribution in [3.8, 4) is 27.9 Å². The minimum absolute atomic E-state index is 0.0267. The number of furan rings is 1. The van der Waals surface area contributed by atoms with E-state index in [-0.39, 0.29) is 16.2 Å². The number of fused-ring (bicyclic) bond motifs is 13. The zero-order valence-electron chi connectivity index (χ0n) is 42.6. The summed E-state index contributed by atoms with van der Waals surface area (Å²) in [4.78, 5) is 2.37. The fraction of sp³-hybridized carbons (Fsp3) is 0.164. The van der Waals surface area contributed by atoms with Crippen molar-refractivity contribution in [1.29, 1.82) is 0 Å². The van der Waals surface area contributed by atoms with E-state index >= 15 is 0 Å². The van der Waals surface area contributed by atoms with Gasteiger partial charge in [0.2, 0.25) is 7.28 Å². The Morgan fingerprint density at radius 2 is 1.19 bits per heavy atom. The topological polar surface area (TPSA) is 33.3 Å². The van der Waals surface area contributed by atoms with Crippen molar-refractivity contribution >= 4 is 111 Å². The van der Waals surface area contributed by atoms with Gasteiger partial charge in [0.15, 0.2) is 0 Å². The molecule has 0 fully saturated rings. The largest absolute Gasteiger partial charge is 0.469 e. The Bertz CT molecular complexity index is 4200. The summed E-state index contributed by atoms with van der Waals surface area (Å²) in [5, 5.41) is 10.3. The lowest BCUT2D eigenvalue weighted by molar-refractivity contribution is 0.590. The number of anilines is 5. The normalized spacial score (nSPS) is 13.7. The molecular weight excluding hydrogens is 906 g/mol. The molecule has 0 atom stereocenters. The Morgan fingerprint density at radius 3 is 1.92 bits per heavy atom. The van der Waals surface area contributed by atoms with E-state index in [2.05, 4.69) is 259 Å². The van der Waals surface area contributed by atoms with Gasteiger partial charge in [-0.1, -0.05) is 146 Å². The van der Waals surface area contributed by atoms with Crippen molar-refractivity contribution in [2.45, 2.75) is 71.6 Å². The van der Waals surface area contributed by atoms with Crippen LogP contribution >= 0.6 is 11.3 Å². The molecule has 0 saturated heterocycles. The number of thiophene rings is 1. The van der Waals surface area contributed by atoms with E-state index in [9.17, 15) is 0 Å². The number of nitrogens with zero attached hydrogens (tertiary/aromatic N) is 2. The number of benzene rings is 9. The van der Waals surface area contributed by atoms with Crippen molar-refractivity contribution in [2.24, 2.45) is 0 Å². The molecular formula is C67H55BN3OS. The number of aromatic nitrogens is 1. The lowest BCUT2D eigenvalue weighted by Gasteiger charge is -2.28. The van der Waals surface area contributed by atoms with E-state index in [1.54, 1.807) is 0 Å². The van der Waals surface area contributed by atoms with Crippen LogP contribution in [0.2, 0.25) is 0 Å². The molecule has 1 radical (unpaired) electrons. The summed E-state index contributed by atoms with van der Waals surface area (Å²) in [5.74, 6) is 0. The number of hydrogen-bond donors (Lipinski definition) is 1. The predicted octanol–water partition coefficient (Wildman–Crippen LogP) is 17.6. The molecule has 12 aromatic rings. The number of hydrogen-bond acceptors (Lipinski definition) is 4. The molecule has 353 valence electrons. The van der Waals surface area contributed by atoms with Gasteiger partial charge in [0.1, 0.15) is 5.58 Å². The van der Waals surface area contributed by atoms with Gasteiger partial charge in [0.25, 0.3) is 0 Å². The SMILES string of the molecule is CC(C)(C)c1ccc(Nc2cc3c(cc2-c2ccc4c5cc6c(cc5n5c4c2[B]c2oc4ccc(C(C)(C)C)cc4c2-5)sc2ccccc26)-c2ccc(N(c4ccccc4)c4ccccc4)cc2C3(C)C)cc1. The van der Waals surface area contributed by atoms with Crippen LogP contribution < -0.4 is 21.3 Å². The van der Waals surface area contributed by atoms with E-state index in [4.69, 9.17) is 4.42 Å². The molecule has 4 heterocycles. The first-order valence-electron chi connectivity index (χ1n) is 25.7. The summed E-state index contributed by atoms with van der Waals surface area (Å²) in [7, 11) is 2.33. The molecule has 4 nitrogen and oxygen atoms in total. The highest BCUT2D eigenvalue weighted by atomic mass is 32.1. The summed E-state index contributed by atoms with van der Waals surface area (Å²) in [6, 6.07) is 67.7. The van der Waals surface area contributed by atoms with Gasteiger partial charge in [-0.15, -0.1) is 11.3 Å². The van der Waals surface area contributed by atoms with E-state index < -0.39 is 0 Å². The van der Waals surface area contributed by atoms with Crippen LogP contribution in [0.15, 0.2) is 186 Å². The second kappa shape index (κ2) is 15.6. The van der Waals surface area contributed by atoms with Crippen LogP contribution in [-0.2, 0) is 16.2 Å². The molecule has 73 heavy (non-hydrogen) atoms. The van der Waals surface area contributed by atoms with Gasteiger partial charge < -0.3 is 19.2 Å². The number of rotatable bonds is 6. The number of para-hydroxylation sites is 2. The monoisotopic (exact) mass is 960 g/mol. The molecule has 1 aliphatic heterocycles. The first-order chi connectivity index (χ1) is 35.2. The Hall–Kier alpha value is -7.80. The molecule has 0 saturated carbocycles. The third-order valence-electron chi connectivity index (χ3n) is 15.9. The van der Waals surface area contributed by atoms with E-state index in [1.807, 2.05) is 11.3 Å². The molecule has 9 aromatic carbocycles. The minimum Gasteiger partial charge on any atom is -0.469 e. The molecule has 1 N–H and O–H groups in total. The highest BCUT2D eigenvalue weighted by Crippen LogP contribution is 2.54. The second-order valence-electron chi connectivity index (χ2n) is 22.9. The van der Waals surface area contributed by atoms with Crippen LogP contribution in [-0.4, -0.2) is 11.8 Å². The summed E-state index contributed by atoms with van der Waals surface area (Å²) < 4.78 is 12.1. The molecule has 1 aliphatic carbocycles. The van der Waals surface area contributed by atoms with Crippen molar-refractivity contribution in [3.63, 3.8) is 0 Å². The fourth-order valence-electron chi connectivity index (χ4n) is 12.0. The molecule has 0 bridgehead atoms. The van der Waals surface area contributed by atoms with Crippen molar-refractivity contribution in [3.05, 3.63) is 204 Å². The maximum absolute atomic E-state index is 7.00. The molecule has 2 aliphatic rings. The van der Waals surface area contributed by atoms with Crippen molar-refractivity contribution in [2.75, 3.05) is 10.2 Å². The first kappa shape index (κ1) is 43.9. The minimum atomic E-state index is -0.298. The van der Waals surface area contributed by atoms with Gasteiger partial charge in [-0.25, -0.2) is 0 Å². The zero-order valence-corrected chi connectivity index (χ0v) is 43.4. The Kier molecular flexibility index (Phi) is 9.39. The Morgan fingerprint density at radius 1 is 0.521 bits per heavy atom. The fourth-order valence-corrected chi connectivity index (χ4v) is 13.2. The molecule has 0 spiro atoms. The van der Waals surface area contributed by atoms with Gasteiger partial charge in [0, 0.05) is 81.3 Å². The smallest absolute Gasteiger partial charge is 0.247 e. The Balaban J connectivity index is 1.02. The van der Waals surface area contributed by atoms with Gasteiger partial charge in [0.05, 0.1) is 16.9 Å². The van der Waals surface area contributed by atoms with E-state index in [0.29, 0.717) is 0 Å². The van der Waals surface area contributed by atoms with Crippen molar-refractivity contribution < 1.29 is 4.42 Å². The van der Waals surface area contributed by atoms with Crippen LogP contribution in [0.1, 0.15) is 77.6 Å². The van der Waals surface area contributed by atoms with Gasteiger partial charge in [-0.2, -0.15) is 0 Å². The van der Waals surface area contributed by atoms with E-state index in [1.165, 1.54) is 75.4 Å². The summed E-state index contributed by atoms with van der Waals surface area (Å²) in [6.45, 7) is 18.5. The number of nitrogens with one attached hydrogen (secondary N) is 1. The standard InChI is InChI=1S/C67H55BN3OS/c1-65(2,3)39-23-26-41(27-24-39)69-56-37-55-49(45-29-28-44(34-54(45)67(55,7)8)70(42-17-11-9-12-18-42)43-19-13-10-14-20-43)35-50(56)47-30-31-48-51-36-52-46-21-15-16-22-59(46)73-60(52)38-57(51)71-62(48)61(47)68-64-63(71)53-33-40(66(4,5)6)25-32-58(53)72-64/h9-38,69H,1-8H3. The summed E-state index contributed by atoms with van der Waals surface area (Å²) >= 11 is 1.88. The molecule has 3 aromatic heterocycles. The maximum Gasteiger partial charge on any atom is 0.247 e. The highest BCUT2D eigenvalue weighted by molar-refractivity contribution is 7.25. The average Bonchev–Trinajstić information content (AvgIpc) is 4.10. The van der Waals surface area contributed by atoms with Crippen LogP contribution in [0.4, 0.5) is 28.4 Å². The van der Waals surface area contributed by atoms with E-state index in [0.717, 1.165) is 67.3 Å². The molecule has 0 amide bonds. The lowest BCUT2D eigenvalue weighted by Crippen LogP contribution is -2.36. The molecule has 14 rings (SSSR count). The lowest BCUT2D eigenvalue weighted by atomic mass is 9.62. The van der Waals surface area contributed by atoms with Crippen LogP contribution in [0.5, 0.6) is 0 Å². The molecule has 6 heteroatoms. The van der Waals surface area contributed by atoms with Crippen molar-refractivity contribution in [1.82, 2.24) is 4.57 Å². The average molecular weight is 961 g/mol. The summed E-state index contributed by atoms with van der Waals surface area (Å²) in [5.41, 5.74) is 21.7.